The molecule has 0 aliphatic heterocycles. The predicted molar refractivity (Wildman–Crippen MR) is 112 cm³/mol. The topological polar surface area (TPSA) is 142 Å². The Hall–Kier alpha value is -3.86. The lowest BCUT2D eigenvalue weighted by molar-refractivity contribution is -0.384. The van der Waals surface area contributed by atoms with Gasteiger partial charge in [-0.15, -0.1) is 0 Å². The maximum absolute atomic E-state index is 12.2. The van der Waals surface area contributed by atoms with E-state index in [0.717, 1.165) is 18.9 Å². The number of nitro groups is 1. The van der Waals surface area contributed by atoms with Crippen LogP contribution in [0, 0.1) is 16.0 Å². The Kier molecular flexibility index (Phi) is 6.32. The summed E-state index contributed by atoms with van der Waals surface area (Å²) in [6, 6.07) is 11.4. The van der Waals surface area contributed by atoms with Crippen LogP contribution in [-0.4, -0.2) is 27.8 Å². The van der Waals surface area contributed by atoms with Crippen molar-refractivity contribution in [3.05, 3.63) is 69.8 Å². The molecular formula is C19H17N5O5S. The van der Waals surface area contributed by atoms with Crippen LogP contribution in [0.1, 0.15) is 33.6 Å². The molecule has 0 saturated heterocycles. The Balaban J connectivity index is 1.48. The van der Waals surface area contributed by atoms with Crippen molar-refractivity contribution in [2.24, 2.45) is 5.92 Å². The number of rotatable bonds is 5. The molecule has 1 saturated carbocycles. The number of anilines is 1. The average Bonchev–Trinajstić information content (AvgIpc) is 3.58. The Morgan fingerprint density at radius 1 is 0.967 bits per heavy atom. The molecule has 154 valence electrons. The fraction of sp³-hybridized carbons (Fsp3) is 0.158. The fourth-order valence-corrected chi connectivity index (χ4v) is 2.59. The first-order chi connectivity index (χ1) is 14.3. The lowest BCUT2D eigenvalue weighted by atomic mass is 10.2. The summed E-state index contributed by atoms with van der Waals surface area (Å²) in [5, 5.41) is 15.7. The molecule has 11 heteroatoms. The highest BCUT2D eigenvalue weighted by atomic mass is 32.1. The van der Waals surface area contributed by atoms with Gasteiger partial charge in [-0.25, -0.2) is 0 Å². The highest BCUT2D eigenvalue weighted by molar-refractivity contribution is 7.80. The second-order valence-corrected chi connectivity index (χ2v) is 6.92. The third-order valence-corrected chi connectivity index (χ3v) is 4.40. The van der Waals surface area contributed by atoms with E-state index >= 15 is 0 Å². The molecule has 3 amide bonds. The minimum atomic E-state index is -0.666. The van der Waals surface area contributed by atoms with E-state index in [-0.39, 0.29) is 28.2 Å². The predicted octanol–water partition coefficient (Wildman–Crippen LogP) is 1.89. The molecule has 0 radical (unpaired) electrons. The first kappa shape index (κ1) is 20.9. The number of non-ortho nitro benzene ring substituents is 1. The van der Waals surface area contributed by atoms with Crippen LogP contribution in [0.25, 0.3) is 0 Å². The van der Waals surface area contributed by atoms with Crippen molar-refractivity contribution in [1.29, 1.82) is 0 Å². The zero-order valence-electron chi connectivity index (χ0n) is 15.5. The van der Waals surface area contributed by atoms with Crippen molar-refractivity contribution < 1.29 is 19.3 Å². The second-order valence-electron chi connectivity index (χ2n) is 6.51. The summed E-state index contributed by atoms with van der Waals surface area (Å²) < 4.78 is 0. The van der Waals surface area contributed by atoms with Crippen LogP contribution < -0.4 is 21.5 Å². The molecule has 0 bridgehead atoms. The number of benzene rings is 2. The standard InChI is InChI=1S/C19H17N5O5S/c25-16(11-4-5-11)20-14-8-6-12(7-9-14)18(27)22-23-19(30)21-17(26)13-2-1-3-15(10-13)24(28)29/h1-3,6-11H,4-5H2,(H,20,25)(H,22,27)(H2,21,23,26,30). The lowest BCUT2D eigenvalue weighted by Crippen LogP contribution is -2.48. The molecule has 0 atom stereocenters. The average molecular weight is 427 g/mol. The van der Waals surface area contributed by atoms with Crippen LogP contribution in [-0.2, 0) is 4.79 Å². The molecule has 0 unspecified atom stereocenters. The number of hydrogen-bond donors (Lipinski definition) is 4. The number of nitrogens with zero attached hydrogens (tertiary/aromatic N) is 1. The van der Waals surface area contributed by atoms with Gasteiger partial charge in [-0.3, -0.25) is 40.7 Å². The molecule has 2 aromatic carbocycles. The highest BCUT2D eigenvalue weighted by Gasteiger charge is 2.29. The minimum absolute atomic E-state index is 0.0290. The van der Waals surface area contributed by atoms with Gasteiger partial charge in [0.05, 0.1) is 4.92 Å². The van der Waals surface area contributed by atoms with Gasteiger partial charge in [-0.1, -0.05) is 6.07 Å². The molecule has 4 N–H and O–H groups in total. The molecule has 30 heavy (non-hydrogen) atoms. The van der Waals surface area contributed by atoms with Crippen molar-refractivity contribution in [3.63, 3.8) is 0 Å². The molecule has 2 aromatic rings. The number of carbonyl (C=O) groups excluding carboxylic acids is 3. The van der Waals surface area contributed by atoms with Crippen molar-refractivity contribution in [2.45, 2.75) is 12.8 Å². The van der Waals surface area contributed by atoms with Gasteiger partial charge in [0.15, 0.2) is 5.11 Å². The zero-order valence-corrected chi connectivity index (χ0v) is 16.3. The van der Waals surface area contributed by atoms with Gasteiger partial charge in [0, 0.05) is 34.9 Å². The van der Waals surface area contributed by atoms with Gasteiger partial charge in [0.1, 0.15) is 0 Å². The number of hydrogen-bond acceptors (Lipinski definition) is 6. The van der Waals surface area contributed by atoms with E-state index in [9.17, 15) is 24.5 Å². The summed E-state index contributed by atoms with van der Waals surface area (Å²) in [6.45, 7) is 0. The first-order valence-corrected chi connectivity index (χ1v) is 9.31. The van der Waals surface area contributed by atoms with Crippen molar-refractivity contribution in [1.82, 2.24) is 16.2 Å². The van der Waals surface area contributed by atoms with E-state index < -0.39 is 16.7 Å². The molecule has 3 rings (SSSR count). The van der Waals surface area contributed by atoms with E-state index in [0.29, 0.717) is 11.3 Å². The smallest absolute Gasteiger partial charge is 0.270 e. The van der Waals surface area contributed by atoms with Crippen LogP contribution in [0.4, 0.5) is 11.4 Å². The Morgan fingerprint density at radius 2 is 1.67 bits per heavy atom. The SMILES string of the molecule is O=C(NNC(=S)NC(=O)c1cccc([N+](=O)[O-])c1)c1ccc(NC(=O)C2CC2)cc1. The molecule has 10 nitrogen and oxygen atoms in total. The van der Waals surface area contributed by atoms with Crippen molar-refractivity contribution in [3.8, 4) is 0 Å². The Bertz CT molecular complexity index is 1020. The van der Waals surface area contributed by atoms with Gasteiger partial charge < -0.3 is 5.32 Å². The maximum Gasteiger partial charge on any atom is 0.270 e. The molecule has 1 aliphatic rings. The van der Waals surface area contributed by atoms with Crippen LogP contribution >= 0.6 is 12.2 Å². The molecule has 0 spiro atoms. The summed E-state index contributed by atoms with van der Waals surface area (Å²) in [4.78, 5) is 46.2. The highest BCUT2D eigenvalue weighted by Crippen LogP contribution is 2.30. The Labute approximate surface area is 176 Å². The first-order valence-electron chi connectivity index (χ1n) is 8.90. The van der Waals surface area contributed by atoms with Crippen LogP contribution in [0.15, 0.2) is 48.5 Å². The van der Waals surface area contributed by atoms with Crippen LogP contribution in [0.3, 0.4) is 0 Å². The van der Waals surface area contributed by atoms with E-state index in [1.165, 1.54) is 30.3 Å². The number of hydrazine groups is 1. The van der Waals surface area contributed by atoms with E-state index in [1.54, 1.807) is 12.1 Å². The van der Waals surface area contributed by atoms with Gasteiger partial charge in [0.25, 0.3) is 17.5 Å². The summed E-state index contributed by atoms with van der Waals surface area (Å²) in [7, 11) is 0. The number of nitrogens with one attached hydrogen (secondary N) is 4. The van der Waals surface area contributed by atoms with Gasteiger partial charge in [0.2, 0.25) is 5.91 Å². The normalized spacial score (nSPS) is 12.4. The molecular weight excluding hydrogens is 410 g/mol. The molecule has 0 aromatic heterocycles. The van der Waals surface area contributed by atoms with Crippen molar-refractivity contribution >= 4 is 46.4 Å². The maximum atomic E-state index is 12.2. The summed E-state index contributed by atoms with van der Waals surface area (Å²) in [6.07, 6.45) is 1.80. The van der Waals surface area contributed by atoms with Crippen LogP contribution in [0.5, 0.6) is 0 Å². The number of nitro benzene ring substituents is 1. The zero-order chi connectivity index (χ0) is 21.7. The third-order valence-electron chi connectivity index (χ3n) is 4.20. The van der Waals surface area contributed by atoms with E-state index in [2.05, 4.69) is 21.5 Å². The number of carbonyl (C=O) groups is 3. The lowest BCUT2D eigenvalue weighted by Gasteiger charge is -2.11. The quantitative estimate of drug-likeness (QED) is 0.324. The number of amides is 3. The second kappa shape index (κ2) is 9.09. The summed E-state index contributed by atoms with van der Waals surface area (Å²) in [5.41, 5.74) is 5.43. The molecule has 1 aliphatic carbocycles. The minimum Gasteiger partial charge on any atom is -0.326 e. The van der Waals surface area contributed by atoms with Gasteiger partial charge >= 0.3 is 0 Å². The monoisotopic (exact) mass is 427 g/mol. The molecule has 1 fully saturated rings. The number of thiocarbonyl (C=S) groups is 1. The van der Waals surface area contributed by atoms with Gasteiger partial charge in [-0.2, -0.15) is 0 Å². The van der Waals surface area contributed by atoms with E-state index in [1.807, 2.05) is 0 Å². The largest absolute Gasteiger partial charge is 0.326 e. The van der Waals surface area contributed by atoms with E-state index in [4.69, 9.17) is 12.2 Å². The van der Waals surface area contributed by atoms with Crippen LogP contribution in [0.2, 0.25) is 0 Å². The Morgan fingerprint density at radius 3 is 2.30 bits per heavy atom. The fourth-order valence-electron chi connectivity index (χ4n) is 2.45. The summed E-state index contributed by atoms with van der Waals surface area (Å²) in [5.74, 6) is -1.13. The third kappa shape index (κ3) is 5.58. The summed E-state index contributed by atoms with van der Waals surface area (Å²) >= 11 is 4.94. The van der Waals surface area contributed by atoms with Gasteiger partial charge in [-0.05, 0) is 55.4 Å². The molecule has 0 heterocycles. The van der Waals surface area contributed by atoms with Crippen molar-refractivity contribution in [2.75, 3.05) is 5.32 Å².